The first-order valence-corrected chi connectivity index (χ1v) is 11.5. The number of nitrogens with two attached hydrogens (primary N) is 1. The van der Waals surface area contributed by atoms with E-state index in [1.165, 1.54) is 24.1 Å². The second kappa shape index (κ2) is 12.1. The van der Waals surface area contributed by atoms with Crippen LogP contribution in [0, 0.1) is 17.2 Å². The molecule has 1 heterocycles. The van der Waals surface area contributed by atoms with Crippen LogP contribution in [0.2, 0.25) is 0 Å². The molecule has 2 atom stereocenters. The number of carbonyl (C=O) groups is 3. The van der Waals surface area contributed by atoms with Crippen molar-refractivity contribution in [2.24, 2.45) is 16.6 Å². The van der Waals surface area contributed by atoms with E-state index < -0.39 is 47.7 Å². The van der Waals surface area contributed by atoms with E-state index in [0.717, 1.165) is 29.4 Å². The average Bonchev–Trinajstić information content (AvgIpc) is 3.34. The van der Waals surface area contributed by atoms with Crippen LogP contribution in [0.25, 0.3) is 0 Å². The smallest absolute Gasteiger partial charge is 0.404 e. The van der Waals surface area contributed by atoms with E-state index in [1.54, 1.807) is 30.3 Å². The number of benzene rings is 2. The monoisotopic (exact) mass is 526 g/mol. The molecule has 3 rings (SSSR count). The summed E-state index contributed by atoms with van der Waals surface area (Å²) in [5.74, 6) is -2.29. The summed E-state index contributed by atoms with van der Waals surface area (Å²) in [4.78, 5) is 44.4. The summed E-state index contributed by atoms with van der Waals surface area (Å²) >= 11 is 0. The van der Waals surface area contributed by atoms with Crippen molar-refractivity contribution in [2.45, 2.75) is 18.6 Å². The molecule has 38 heavy (non-hydrogen) atoms. The van der Waals surface area contributed by atoms with E-state index in [2.05, 4.69) is 10.3 Å². The Hall–Kier alpha value is -4.66. The average molecular weight is 527 g/mol. The molecule has 1 aliphatic heterocycles. The summed E-state index contributed by atoms with van der Waals surface area (Å²) in [5, 5.41) is 12.3. The molecule has 1 saturated heterocycles. The van der Waals surface area contributed by atoms with Crippen LogP contribution in [0.3, 0.4) is 0 Å². The van der Waals surface area contributed by atoms with Gasteiger partial charge in [0.2, 0.25) is 11.8 Å². The molecule has 2 aromatic rings. The molecule has 0 aromatic heterocycles. The van der Waals surface area contributed by atoms with Crippen LogP contribution in [0.4, 0.5) is 24.5 Å². The molecule has 9 nitrogen and oxygen atoms in total. The van der Waals surface area contributed by atoms with Gasteiger partial charge < -0.3 is 20.9 Å². The van der Waals surface area contributed by atoms with Crippen LogP contribution in [-0.4, -0.2) is 59.9 Å². The number of nitriles is 1. The zero-order chi connectivity index (χ0) is 27.9. The van der Waals surface area contributed by atoms with Gasteiger partial charge in [0.1, 0.15) is 6.04 Å². The van der Waals surface area contributed by atoms with Gasteiger partial charge >= 0.3 is 6.18 Å². The number of alkyl halides is 3. The Morgan fingerprint density at radius 3 is 2.47 bits per heavy atom. The van der Waals surface area contributed by atoms with Crippen LogP contribution in [-0.2, 0) is 20.6 Å². The third-order valence-corrected chi connectivity index (χ3v) is 5.88. The third kappa shape index (κ3) is 6.76. The SMILES string of the molecule is CN(CC(=O)N1CC(C(=O)Nc2ccccc2)CC1C#N)C(=O)C(C=Nc1ccccc1C(F)(F)F)=CN. The molecule has 1 aliphatic rings. The van der Waals surface area contributed by atoms with Gasteiger partial charge in [0.25, 0.3) is 5.91 Å². The summed E-state index contributed by atoms with van der Waals surface area (Å²) in [6.07, 6.45) is -2.74. The summed E-state index contributed by atoms with van der Waals surface area (Å²) in [6.45, 7) is -0.457. The third-order valence-electron chi connectivity index (χ3n) is 5.88. The highest BCUT2D eigenvalue weighted by Gasteiger charge is 2.39. The summed E-state index contributed by atoms with van der Waals surface area (Å²) in [7, 11) is 1.30. The number of hydrogen-bond donors (Lipinski definition) is 2. The lowest BCUT2D eigenvalue weighted by molar-refractivity contribution is -0.137. The van der Waals surface area contributed by atoms with Crippen molar-refractivity contribution in [3.8, 4) is 6.07 Å². The van der Waals surface area contributed by atoms with Gasteiger partial charge in [-0.25, -0.2) is 0 Å². The van der Waals surface area contributed by atoms with Crippen molar-refractivity contribution in [2.75, 3.05) is 25.5 Å². The predicted octanol–water partition coefficient (Wildman–Crippen LogP) is 3.09. The van der Waals surface area contributed by atoms with Crippen molar-refractivity contribution in [1.82, 2.24) is 9.80 Å². The number of nitrogens with one attached hydrogen (secondary N) is 1. The highest BCUT2D eigenvalue weighted by Crippen LogP contribution is 2.36. The van der Waals surface area contributed by atoms with E-state index >= 15 is 0 Å². The first kappa shape index (κ1) is 27.9. The number of hydrogen-bond acceptors (Lipinski definition) is 6. The Labute approximate surface area is 217 Å². The van der Waals surface area contributed by atoms with Gasteiger partial charge in [0.05, 0.1) is 35.4 Å². The zero-order valence-corrected chi connectivity index (χ0v) is 20.4. The molecule has 0 radical (unpaired) electrons. The maximum Gasteiger partial charge on any atom is 0.418 e. The van der Waals surface area contributed by atoms with Crippen LogP contribution in [0.5, 0.6) is 0 Å². The molecule has 0 saturated carbocycles. The van der Waals surface area contributed by atoms with E-state index in [9.17, 15) is 32.8 Å². The molecule has 1 fully saturated rings. The highest BCUT2D eigenvalue weighted by molar-refractivity contribution is 6.13. The Morgan fingerprint density at radius 2 is 1.84 bits per heavy atom. The van der Waals surface area contributed by atoms with Gasteiger partial charge in [-0.15, -0.1) is 0 Å². The molecule has 0 aliphatic carbocycles. The Balaban J connectivity index is 1.65. The van der Waals surface area contributed by atoms with E-state index in [1.807, 2.05) is 6.07 Å². The van der Waals surface area contributed by atoms with Crippen molar-refractivity contribution in [3.05, 3.63) is 71.9 Å². The van der Waals surface area contributed by atoms with E-state index in [4.69, 9.17) is 5.73 Å². The first-order chi connectivity index (χ1) is 18.0. The van der Waals surface area contributed by atoms with Crippen molar-refractivity contribution in [1.29, 1.82) is 5.26 Å². The fourth-order valence-corrected chi connectivity index (χ4v) is 3.91. The molecule has 0 spiro atoms. The molecule has 0 bridgehead atoms. The molecule has 198 valence electrons. The van der Waals surface area contributed by atoms with Crippen molar-refractivity contribution in [3.63, 3.8) is 0 Å². The largest absolute Gasteiger partial charge is 0.418 e. The minimum Gasteiger partial charge on any atom is -0.404 e. The zero-order valence-electron chi connectivity index (χ0n) is 20.4. The van der Waals surface area contributed by atoms with Crippen LogP contribution in [0.1, 0.15) is 12.0 Å². The van der Waals surface area contributed by atoms with Crippen LogP contribution >= 0.6 is 0 Å². The molecule has 12 heteroatoms. The number of carbonyl (C=O) groups excluding carboxylic acids is 3. The molecule has 3 N–H and O–H groups in total. The standard InChI is InChI=1S/C26H25F3N6O3/c1-34(25(38)18(12-30)14-32-22-10-6-5-9-21(22)26(27,28)29)16-23(36)35-15-17(11-20(35)13-31)24(37)33-19-7-3-2-4-8-19/h2-10,12,14,17,20H,11,15-16,30H2,1H3,(H,33,37). The lowest BCUT2D eigenvalue weighted by atomic mass is 10.1. The molecular weight excluding hydrogens is 501 g/mol. The van der Waals surface area contributed by atoms with Gasteiger partial charge in [-0.3, -0.25) is 19.4 Å². The molecule has 2 aromatic carbocycles. The quantitative estimate of drug-likeness (QED) is 0.423. The Kier molecular flexibility index (Phi) is 8.85. The number of amides is 3. The Bertz CT molecular complexity index is 1290. The van der Waals surface area contributed by atoms with Gasteiger partial charge in [0.15, 0.2) is 0 Å². The van der Waals surface area contributed by atoms with Gasteiger partial charge in [-0.2, -0.15) is 18.4 Å². The molecule has 2 unspecified atom stereocenters. The van der Waals surface area contributed by atoms with E-state index in [0.29, 0.717) is 5.69 Å². The fourth-order valence-electron chi connectivity index (χ4n) is 3.91. The van der Waals surface area contributed by atoms with Gasteiger partial charge in [-0.1, -0.05) is 30.3 Å². The number of halogens is 3. The number of likely N-dealkylation sites (N-methyl/N-ethyl adjacent to an activating group) is 1. The number of nitrogens with zero attached hydrogens (tertiary/aromatic N) is 4. The van der Waals surface area contributed by atoms with E-state index in [-0.39, 0.29) is 24.4 Å². The maximum absolute atomic E-state index is 13.2. The minimum atomic E-state index is -4.64. The van der Waals surface area contributed by atoms with Crippen LogP contribution in [0.15, 0.2) is 71.4 Å². The number of rotatable bonds is 7. The van der Waals surface area contributed by atoms with Crippen LogP contribution < -0.4 is 11.1 Å². The summed E-state index contributed by atoms with van der Waals surface area (Å²) in [6, 6.07) is 14.5. The number of aliphatic imine (C=N–C) groups is 1. The summed E-state index contributed by atoms with van der Waals surface area (Å²) < 4.78 is 39.6. The normalized spacial score (nSPS) is 17.8. The number of likely N-dealkylation sites (tertiary alicyclic amines) is 1. The first-order valence-electron chi connectivity index (χ1n) is 11.5. The highest BCUT2D eigenvalue weighted by atomic mass is 19.4. The Morgan fingerprint density at radius 1 is 1.18 bits per heavy atom. The molecule has 3 amide bonds. The fraction of sp³-hybridized carbons (Fsp3) is 0.269. The number of para-hydroxylation sites is 2. The summed E-state index contributed by atoms with van der Waals surface area (Å²) in [5.41, 5.74) is 4.47. The lowest BCUT2D eigenvalue weighted by Crippen LogP contribution is -2.43. The topological polar surface area (TPSA) is 132 Å². The van der Waals surface area contributed by atoms with Gasteiger partial charge in [-0.05, 0) is 30.7 Å². The predicted molar refractivity (Wildman–Crippen MR) is 134 cm³/mol. The lowest BCUT2D eigenvalue weighted by Gasteiger charge is -2.24. The maximum atomic E-state index is 13.2. The van der Waals surface area contributed by atoms with Crippen molar-refractivity contribution >= 4 is 35.3 Å². The minimum absolute atomic E-state index is 0.00692. The second-order valence-electron chi connectivity index (χ2n) is 8.54. The second-order valence-corrected chi connectivity index (χ2v) is 8.54. The van der Waals surface area contributed by atoms with Crippen molar-refractivity contribution < 1.29 is 27.6 Å². The van der Waals surface area contributed by atoms with Gasteiger partial charge in [0, 0.05) is 31.7 Å². The molecular formula is C26H25F3N6O3. The number of anilines is 1.